The number of nitrogens with one attached hydrogen (secondary N) is 1. The number of rotatable bonds is 7. The highest BCUT2D eigenvalue weighted by Gasteiger charge is 2.17. The molecular weight excluding hydrogens is 256 g/mol. The molecule has 0 spiro atoms. The van der Waals surface area contributed by atoms with E-state index in [9.17, 15) is 9.59 Å². The Balaban J connectivity index is 2.60. The molecule has 1 heterocycles. The number of carbonyl (C=O) groups excluding carboxylic acids is 1. The summed E-state index contributed by atoms with van der Waals surface area (Å²) >= 11 is 0. The van der Waals surface area contributed by atoms with Crippen molar-refractivity contribution in [3.8, 4) is 0 Å². The van der Waals surface area contributed by atoms with E-state index < -0.39 is 5.97 Å². The van der Waals surface area contributed by atoms with E-state index in [1.807, 2.05) is 26.8 Å². The second-order valence-corrected chi connectivity index (χ2v) is 5.47. The zero-order valence-corrected chi connectivity index (χ0v) is 12.2. The second-order valence-electron chi connectivity index (χ2n) is 5.47. The van der Waals surface area contributed by atoms with Crippen molar-refractivity contribution in [1.82, 2.24) is 10.3 Å². The number of aryl methyl sites for hydroxylation is 1. The van der Waals surface area contributed by atoms with Crippen molar-refractivity contribution in [1.29, 1.82) is 0 Å². The third-order valence-corrected chi connectivity index (χ3v) is 3.04. The molecule has 20 heavy (non-hydrogen) atoms. The number of carbonyl (C=O) groups is 2. The molecule has 2 N–H and O–H groups in total. The number of hydrogen-bond acceptors (Lipinski definition) is 3. The van der Waals surface area contributed by atoms with Gasteiger partial charge >= 0.3 is 5.97 Å². The average Bonchev–Trinajstić information content (AvgIpc) is 2.34. The largest absolute Gasteiger partial charge is 0.481 e. The molecule has 0 aliphatic carbocycles. The first-order valence-corrected chi connectivity index (χ1v) is 6.81. The number of hydrogen-bond donors (Lipinski definition) is 2. The van der Waals surface area contributed by atoms with Crippen molar-refractivity contribution in [2.45, 2.75) is 33.6 Å². The molecule has 1 rings (SSSR count). The first-order chi connectivity index (χ1) is 9.40. The molecule has 1 aromatic rings. The summed E-state index contributed by atoms with van der Waals surface area (Å²) < 4.78 is 0. The van der Waals surface area contributed by atoms with Gasteiger partial charge in [-0.1, -0.05) is 19.9 Å². The molecule has 1 aromatic heterocycles. The first-order valence-electron chi connectivity index (χ1n) is 6.81. The van der Waals surface area contributed by atoms with E-state index in [1.54, 1.807) is 12.3 Å². The smallest absolute Gasteiger partial charge is 0.303 e. The van der Waals surface area contributed by atoms with Gasteiger partial charge in [0.2, 0.25) is 0 Å². The number of aliphatic carboxylic acids is 1. The van der Waals surface area contributed by atoms with Gasteiger partial charge in [0.05, 0.1) is 0 Å². The Bertz CT molecular complexity index is 472. The van der Waals surface area contributed by atoms with Crippen LogP contribution in [0.4, 0.5) is 0 Å². The Kier molecular flexibility index (Phi) is 6.15. The number of amides is 1. The number of aromatic nitrogens is 1. The van der Waals surface area contributed by atoms with Crippen LogP contribution in [-0.4, -0.2) is 28.5 Å². The van der Waals surface area contributed by atoms with E-state index in [0.29, 0.717) is 18.2 Å². The van der Waals surface area contributed by atoms with E-state index in [2.05, 4.69) is 10.3 Å². The lowest BCUT2D eigenvalue weighted by atomic mass is 9.94. The summed E-state index contributed by atoms with van der Waals surface area (Å²) in [5, 5.41) is 11.7. The highest BCUT2D eigenvalue weighted by Crippen LogP contribution is 2.15. The van der Waals surface area contributed by atoms with Crippen LogP contribution in [0, 0.1) is 18.8 Å². The highest BCUT2D eigenvalue weighted by atomic mass is 16.4. The van der Waals surface area contributed by atoms with Gasteiger partial charge in [0, 0.05) is 19.2 Å². The molecular formula is C15H22N2O3. The molecule has 5 nitrogen and oxygen atoms in total. The van der Waals surface area contributed by atoms with E-state index in [-0.39, 0.29) is 18.2 Å². The number of pyridine rings is 1. The Hall–Kier alpha value is -1.91. The van der Waals surface area contributed by atoms with Crippen molar-refractivity contribution >= 4 is 11.9 Å². The molecule has 5 heteroatoms. The summed E-state index contributed by atoms with van der Waals surface area (Å²) in [6.07, 6.45) is 2.41. The van der Waals surface area contributed by atoms with E-state index >= 15 is 0 Å². The van der Waals surface area contributed by atoms with Crippen molar-refractivity contribution in [2.24, 2.45) is 11.8 Å². The van der Waals surface area contributed by atoms with Gasteiger partial charge in [-0.3, -0.25) is 14.6 Å². The molecule has 0 saturated heterocycles. The van der Waals surface area contributed by atoms with Gasteiger partial charge in [0.15, 0.2) is 0 Å². The standard InChI is InChI=1S/C15H22N2O3/c1-10(2)7-12(8-13(18)19)9-17-15(20)14-11(3)5-4-6-16-14/h4-6,10,12H,7-9H2,1-3H3,(H,17,20)(H,18,19)/t12-/m0/s1. The van der Waals surface area contributed by atoms with E-state index in [0.717, 1.165) is 12.0 Å². The summed E-state index contributed by atoms with van der Waals surface area (Å²) in [4.78, 5) is 26.9. The molecule has 0 radical (unpaired) electrons. The van der Waals surface area contributed by atoms with Crippen molar-refractivity contribution in [3.05, 3.63) is 29.6 Å². The second kappa shape index (κ2) is 7.62. The normalized spacial score (nSPS) is 12.2. The molecule has 0 aliphatic rings. The molecule has 1 amide bonds. The molecule has 0 unspecified atom stereocenters. The number of nitrogens with zero attached hydrogens (tertiary/aromatic N) is 1. The number of carboxylic acids is 1. The molecule has 0 aliphatic heterocycles. The van der Waals surface area contributed by atoms with Crippen LogP contribution in [0.15, 0.2) is 18.3 Å². The zero-order chi connectivity index (χ0) is 15.1. The fraction of sp³-hybridized carbons (Fsp3) is 0.533. The lowest BCUT2D eigenvalue weighted by molar-refractivity contribution is -0.138. The Morgan fingerprint density at radius 1 is 1.40 bits per heavy atom. The summed E-state index contributed by atoms with van der Waals surface area (Å²) in [6, 6.07) is 3.60. The maximum atomic E-state index is 12.0. The van der Waals surface area contributed by atoms with Crippen LogP contribution in [0.5, 0.6) is 0 Å². The van der Waals surface area contributed by atoms with Crippen molar-refractivity contribution < 1.29 is 14.7 Å². The van der Waals surface area contributed by atoms with Crippen molar-refractivity contribution in [2.75, 3.05) is 6.54 Å². The van der Waals surface area contributed by atoms with Gasteiger partial charge in [-0.2, -0.15) is 0 Å². The molecule has 0 aromatic carbocycles. The van der Waals surface area contributed by atoms with Gasteiger partial charge in [-0.05, 0) is 36.8 Å². The van der Waals surface area contributed by atoms with Crippen LogP contribution in [0.25, 0.3) is 0 Å². The summed E-state index contributed by atoms with van der Waals surface area (Å²) in [5.41, 5.74) is 1.20. The third kappa shape index (κ3) is 5.38. The van der Waals surface area contributed by atoms with Gasteiger partial charge in [0.1, 0.15) is 5.69 Å². The lowest BCUT2D eigenvalue weighted by Crippen LogP contribution is -2.32. The lowest BCUT2D eigenvalue weighted by Gasteiger charge is -2.17. The molecule has 0 saturated carbocycles. The fourth-order valence-corrected chi connectivity index (χ4v) is 2.20. The fourth-order valence-electron chi connectivity index (χ4n) is 2.20. The minimum Gasteiger partial charge on any atom is -0.481 e. The SMILES string of the molecule is Cc1cccnc1C(=O)NC[C@H](CC(=O)O)CC(C)C. The third-order valence-electron chi connectivity index (χ3n) is 3.04. The van der Waals surface area contributed by atoms with Gasteiger partial charge in [-0.25, -0.2) is 0 Å². The van der Waals surface area contributed by atoms with Crippen LogP contribution in [0.3, 0.4) is 0 Å². The quantitative estimate of drug-likeness (QED) is 0.801. The van der Waals surface area contributed by atoms with Crippen LogP contribution in [0.2, 0.25) is 0 Å². The van der Waals surface area contributed by atoms with Gasteiger partial charge < -0.3 is 10.4 Å². The monoisotopic (exact) mass is 278 g/mol. The molecule has 0 bridgehead atoms. The van der Waals surface area contributed by atoms with Crippen LogP contribution in [0.1, 0.15) is 42.7 Å². The predicted molar refractivity (Wildman–Crippen MR) is 76.5 cm³/mol. The molecule has 1 atom stereocenters. The van der Waals surface area contributed by atoms with E-state index in [4.69, 9.17) is 5.11 Å². The minimum absolute atomic E-state index is 0.0551. The summed E-state index contributed by atoms with van der Waals surface area (Å²) in [6.45, 7) is 6.27. The maximum Gasteiger partial charge on any atom is 0.303 e. The van der Waals surface area contributed by atoms with Gasteiger partial charge in [-0.15, -0.1) is 0 Å². The number of carboxylic acid groups (broad SMARTS) is 1. The summed E-state index contributed by atoms with van der Waals surface area (Å²) in [7, 11) is 0. The molecule has 110 valence electrons. The van der Waals surface area contributed by atoms with Crippen LogP contribution < -0.4 is 5.32 Å². The molecule has 0 fully saturated rings. The predicted octanol–water partition coefficient (Wildman–Crippen LogP) is 2.26. The maximum absolute atomic E-state index is 12.0. The van der Waals surface area contributed by atoms with E-state index in [1.165, 1.54) is 0 Å². The zero-order valence-electron chi connectivity index (χ0n) is 12.2. The Morgan fingerprint density at radius 2 is 2.10 bits per heavy atom. The Morgan fingerprint density at radius 3 is 2.65 bits per heavy atom. The highest BCUT2D eigenvalue weighted by molar-refractivity contribution is 5.93. The van der Waals surface area contributed by atoms with Crippen LogP contribution >= 0.6 is 0 Å². The average molecular weight is 278 g/mol. The summed E-state index contributed by atoms with van der Waals surface area (Å²) in [5.74, 6) is -0.741. The van der Waals surface area contributed by atoms with Gasteiger partial charge in [0.25, 0.3) is 5.91 Å². The topological polar surface area (TPSA) is 79.3 Å². The minimum atomic E-state index is -0.834. The van der Waals surface area contributed by atoms with Crippen LogP contribution in [-0.2, 0) is 4.79 Å². The first kappa shape index (κ1) is 16.1. The van der Waals surface area contributed by atoms with Crippen molar-refractivity contribution in [3.63, 3.8) is 0 Å². The Labute approximate surface area is 119 Å².